The predicted molar refractivity (Wildman–Crippen MR) is 119 cm³/mol. The molecule has 170 valence electrons. The van der Waals surface area contributed by atoms with E-state index in [9.17, 15) is 13.2 Å². The van der Waals surface area contributed by atoms with E-state index in [-0.39, 0.29) is 5.75 Å². The third-order valence-corrected chi connectivity index (χ3v) is 5.85. The maximum absolute atomic E-state index is 12.4. The third kappa shape index (κ3) is 4.68. The molecule has 0 atom stereocenters. The molecular weight excluding hydrogens is 431 g/mol. The van der Waals surface area contributed by atoms with E-state index in [1.165, 1.54) is 35.4 Å². The van der Waals surface area contributed by atoms with Gasteiger partial charge in [-0.3, -0.25) is 4.90 Å². The molecule has 0 N–H and O–H groups in total. The summed E-state index contributed by atoms with van der Waals surface area (Å²) in [6.45, 7) is 2.67. The van der Waals surface area contributed by atoms with Crippen molar-refractivity contribution in [3.05, 3.63) is 83.4 Å². The zero-order chi connectivity index (χ0) is 23.0. The molecule has 4 nitrogen and oxygen atoms in total. The van der Waals surface area contributed by atoms with Crippen LogP contribution in [0.25, 0.3) is 22.3 Å². The van der Waals surface area contributed by atoms with Crippen molar-refractivity contribution in [3.8, 4) is 22.8 Å². The summed E-state index contributed by atoms with van der Waals surface area (Å²) in [5.74, 6) is 0.902. The second-order valence-electron chi connectivity index (χ2n) is 8.13. The molecule has 1 aliphatic rings. The van der Waals surface area contributed by atoms with Crippen molar-refractivity contribution in [3.63, 3.8) is 0 Å². The first-order chi connectivity index (χ1) is 15.9. The van der Waals surface area contributed by atoms with Crippen molar-refractivity contribution in [2.75, 3.05) is 13.7 Å². The van der Waals surface area contributed by atoms with Gasteiger partial charge in [0.15, 0.2) is 11.3 Å². The topological polar surface area (TPSA) is 34.8 Å². The van der Waals surface area contributed by atoms with Crippen LogP contribution < -0.4 is 9.47 Å². The molecule has 3 aromatic carbocycles. The van der Waals surface area contributed by atoms with E-state index in [0.29, 0.717) is 22.7 Å². The summed E-state index contributed by atoms with van der Waals surface area (Å²) in [6, 6.07) is 20.1. The van der Waals surface area contributed by atoms with Crippen LogP contribution in [0.5, 0.6) is 11.5 Å². The van der Waals surface area contributed by atoms with Gasteiger partial charge in [0.1, 0.15) is 11.5 Å². The van der Waals surface area contributed by atoms with Gasteiger partial charge in [0.2, 0.25) is 0 Å². The molecule has 0 saturated carbocycles. The zero-order valence-corrected chi connectivity index (χ0v) is 18.0. The standard InChI is InChI=1S/C26H22F3NO3/c1-31-24-13-17(15-30-11-10-18-4-2-3-5-20(18)16-30)12-21-14-23(32-25(21)24)19-6-8-22(9-7-19)33-26(27,28)29/h2-9,12-14H,10-11,15-16H2,1H3. The molecular formula is C26H22F3NO3. The molecule has 0 bridgehead atoms. The molecule has 0 fully saturated rings. The van der Waals surface area contributed by atoms with Crippen LogP contribution in [-0.4, -0.2) is 24.9 Å². The van der Waals surface area contributed by atoms with Gasteiger partial charge in [-0.05, 0) is 65.6 Å². The summed E-state index contributed by atoms with van der Waals surface area (Å²) in [5.41, 5.74) is 5.14. The number of hydrogen-bond acceptors (Lipinski definition) is 4. The first-order valence-corrected chi connectivity index (χ1v) is 10.6. The molecule has 0 unspecified atom stereocenters. The van der Waals surface area contributed by atoms with Crippen molar-refractivity contribution in [1.29, 1.82) is 0 Å². The number of halogens is 3. The van der Waals surface area contributed by atoms with Gasteiger partial charge in [-0.25, -0.2) is 0 Å². The Balaban J connectivity index is 1.39. The molecule has 1 aliphatic heterocycles. The fourth-order valence-electron chi connectivity index (χ4n) is 4.33. The Morgan fingerprint density at radius 1 is 0.970 bits per heavy atom. The van der Waals surface area contributed by atoms with E-state index in [0.717, 1.165) is 37.0 Å². The zero-order valence-electron chi connectivity index (χ0n) is 18.0. The predicted octanol–water partition coefficient (Wildman–Crippen LogP) is 6.57. The summed E-state index contributed by atoms with van der Waals surface area (Å²) >= 11 is 0. The van der Waals surface area contributed by atoms with Crippen molar-refractivity contribution >= 4 is 11.0 Å². The first kappa shape index (κ1) is 21.4. The second-order valence-corrected chi connectivity index (χ2v) is 8.13. The number of hydrogen-bond donors (Lipinski definition) is 0. The number of ether oxygens (including phenoxy) is 2. The lowest BCUT2D eigenvalue weighted by atomic mass is 9.99. The summed E-state index contributed by atoms with van der Waals surface area (Å²) in [5, 5.41) is 0.882. The number of furan rings is 1. The SMILES string of the molecule is COc1cc(CN2CCc3ccccc3C2)cc2cc(-c3ccc(OC(F)(F)F)cc3)oc12. The lowest BCUT2D eigenvalue weighted by Gasteiger charge is -2.28. The quantitative estimate of drug-likeness (QED) is 0.343. The average molecular weight is 453 g/mol. The van der Waals surface area contributed by atoms with Gasteiger partial charge in [-0.1, -0.05) is 24.3 Å². The number of fused-ring (bicyclic) bond motifs is 2. The monoisotopic (exact) mass is 453 g/mol. The first-order valence-electron chi connectivity index (χ1n) is 10.6. The van der Waals surface area contributed by atoms with Crippen LogP contribution in [0.3, 0.4) is 0 Å². The Morgan fingerprint density at radius 2 is 1.73 bits per heavy atom. The minimum absolute atomic E-state index is 0.273. The van der Waals surface area contributed by atoms with E-state index in [2.05, 4.69) is 40.0 Å². The maximum atomic E-state index is 12.4. The van der Waals surface area contributed by atoms with Crippen LogP contribution in [0, 0.1) is 0 Å². The largest absolute Gasteiger partial charge is 0.573 e. The van der Waals surface area contributed by atoms with E-state index in [4.69, 9.17) is 9.15 Å². The number of nitrogens with zero attached hydrogens (tertiary/aromatic N) is 1. The minimum Gasteiger partial charge on any atom is -0.493 e. The smallest absolute Gasteiger partial charge is 0.493 e. The number of alkyl halides is 3. The van der Waals surface area contributed by atoms with Crippen LogP contribution in [0.4, 0.5) is 13.2 Å². The molecule has 0 saturated heterocycles. The molecule has 5 rings (SSSR count). The highest BCUT2D eigenvalue weighted by molar-refractivity contribution is 5.88. The fraction of sp³-hybridized carbons (Fsp3) is 0.231. The molecule has 0 amide bonds. The summed E-state index contributed by atoms with van der Waals surface area (Å²) in [4.78, 5) is 2.41. The number of benzene rings is 3. The molecule has 2 heterocycles. The highest BCUT2D eigenvalue weighted by atomic mass is 19.4. The van der Waals surface area contributed by atoms with E-state index < -0.39 is 6.36 Å². The van der Waals surface area contributed by atoms with Gasteiger partial charge in [0.05, 0.1) is 7.11 Å². The average Bonchev–Trinajstić information content (AvgIpc) is 3.22. The van der Waals surface area contributed by atoms with Crippen LogP contribution in [0.15, 0.2) is 71.1 Å². The van der Waals surface area contributed by atoms with Crippen LogP contribution >= 0.6 is 0 Å². The summed E-state index contributed by atoms with van der Waals surface area (Å²) in [7, 11) is 1.60. The maximum Gasteiger partial charge on any atom is 0.573 e. The Hall–Kier alpha value is -3.45. The highest BCUT2D eigenvalue weighted by Gasteiger charge is 2.31. The van der Waals surface area contributed by atoms with Crippen molar-refractivity contribution in [2.45, 2.75) is 25.9 Å². The van der Waals surface area contributed by atoms with Gasteiger partial charge >= 0.3 is 6.36 Å². The number of rotatable bonds is 5. The van der Waals surface area contributed by atoms with Crippen molar-refractivity contribution in [2.24, 2.45) is 0 Å². The van der Waals surface area contributed by atoms with Gasteiger partial charge < -0.3 is 13.9 Å². The Labute approximate surface area is 189 Å². The van der Waals surface area contributed by atoms with Gasteiger partial charge in [-0.15, -0.1) is 13.2 Å². The second kappa shape index (κ2) is 8.48. The molecule has 1 aromatic heterocycles. The highest BCUT2D eigenvalue weighted by Crippen LogP contribution is 2.36. The van der Waals surface area contributed by atoms with E-state index >= 15 is 0 Å². The summed E-state index contributed by atoms with van der Waals surface area (Å²) in [6.07, 6.45) is -3.69. The Bertz CT molecular complexity index is 1280. The molecule has 0 spiro atoms. The van der Waals surface area contributed by atoms with E-state index in [1.807, 2.05) is 12.1 Å². The molecule has 0 aliphatic carbocycles. The molecule has 7 heteroatoms. The third-order valence-electron chi connectivity index (χ3n) is 5.85. The summed E-state index contributed by atoms with van der Waals surface area (Å²) < 4.78 is 52.8. The Morgan fingerprint density at radius 3 is 2.45 bits per heavy atom. The molecule has 4 aromatic rings. The van der Waals surface area contributed by atoms with Crippen LogP contribution in [0.1, 0.15) is 16.7 Å². The lowest BCUT2D eigenvalue weighted by Crippen LogP contribution is -2.29. The van der Waals surface area contributed by atoms with E-state index in [1.54, 1.807) is 7.11 Å². The van der Waals surface area contributed by atoms with Gasteiger partial charge in [0.25, 0.3) is 0 Å². The van der Waals surface area contributed by atoms with Gasteiger partial charge in [-0.2, -0.15) is 0 Å². The number of methoxy groups -OCH3 is 1. The normalized spacial score (nSPS) is 14.3. The van der Waals surface area contributed by atoms with Gasteiger partial charge in [0, 0.05) is 30.6 Å². The minimum atomic E-state index is -4.72. The van der Waals surface area contributed by atoms with Crippen LogP contribution in [0.2, 0.25) is 0 Å². The Kier molecular flexibility index (Phi) is 5.50. The van der Waals surface area contributed by atoms with Crippen molar-refractivity contribution in [1.82, 2.24) is 4.90 Å². The van der Waals surface area contributed by atoms with Crippen LogP contribution in [-0.2, 0) is 19.5 Å². The molecule has 33 heavy (non-hydrogen) atoms. The fourth-order valence-corrected chi connectivity index (χ4v) is 4.33. The molecule has 0 radical (unpaired) electrons. The lowest BCUT2D eigenvalue weighted by molar-refractivity contribution is -0.274. The van der Waals surface area contributed by atoms with Crippen molar-refractivity contribution < 1.29 is 27.1 Å².